The van der Waals surface area contributed by atoms with Crippen LogP contribution in [0.5, 0.6) is 0 Å². The van der Waals surface area contributed by atoms with Crippen LogP contribution in [-0.4, -0.2) is 16.8 Å². The Balaban J connectivity index is 2.24. The first-order valence-electron chi connectivity index (χ1n) is 7.10. The van der Waals surface area contributed by atoms with Crippen molar-refractivity contribution in [3.63, 3.8) is 0 Å². The summed E-state index contributed by atoms with van der Waals surface area (Å²) in [6, 6.07) is 6.84. The Morgan fingerprint density at radius 2 is 2.26 bits per heavy atom. The molecule has 0 aromatic heterocycles. The maximum atomic E-state index is 12.2. The summed E-state index contributed by atoms with van der Waals surface area (Å²) in [5.74, 6) is 0.260. The number of anilines is 1. The van der Waals surface area contributed by atoms with E-state index in [4.69, 9.17) is 0 Å². The average molecular weight is 324 g/mol. The summed E-state index contributed by atoms with van der Waals surface area (Å²) < 4.78 is 0. The molecule has 2 rings (SSSR count). The van der Waals surface area contributed by atoms with E-state index in [2.05, 4.69) is 54.9 Å². The number of fused-ring (bicyclic) bond motifs is 1. The average Bonchev–Trinajstić information content (AvgIpc) is 2.63. The summed E-state index contributed by atoms with van der Waals surface area (Å²) in [5.41, 5.74) is 3.79. The summed E-state index contributed by atoms with van der Waals surface area (Å²) >= 11 is 3.59. The number of nitrogens with zero attached hydrogens (tertiary/aromatic N) is 1. The molecule has 1 aliphatic heterocycles. The molecular weight excluding hydrogens is 302 g/mol. The molecule has 0 fully saturated rings. The Kier molecular flexibility index (Phi) is 4.67. The highest BCUT2D eigenvalue weighted by Gasteiger charge is 2.30. The molecule has 0 bridgehead atoms. The lowest BCUT2D eigenvalue weighted by atomic mass is 10.0. The first-order valence-corrected chi connectivity index (χ1v) is 8.02. The number of benzene rings is 1. The number of carbonyl (C=O) groups excluding carboxylic acids is 1. The zero-order valence-electron chi connectivity index (χ0n) is 11.9. The second kappa shape index (κ2) is 6.08. The number of rotatable bonds is 4. The van der Waals surface area contributed by atoms with Gasteiger partial charge in [-0.3, -0.25) is 4.79 Å². The van der Waals surface area contributed by atoms with Gasteiger partial charge in [0, 0.05) is 23.0 Å². The summed E-state index contributed by atoms with van der Waals surface area (Å²) in [7, 11) is 0. The fourth-order valence-corrected chi connectivity index (χ4v) is 3.22. The van der Waals surface area contributed by atoms with Crippen molar-refractivity contribution < 1.29 is 4.79 Å². The van der Waals surface area contributed by atoms with Crippen LogP contribution >= 0.6 is 15.9 Å². The molecule has 0 radical (unpaired) electrons. The van der Waals surface area contributed by atoms with Crippen LogP contribution in [0.3, 0.4) is 0 Å². The molecule has 1 heterocycles. The summed E-state index contributed by atoms with van der Waals surface area (Å²) in [5, 5.41) is 0. The minimum absolute atomic E-state index is 0.260. The first kappa shape index (κ1) is 14.6. The van der Waals surface area contributed by atoms with Gasteiger partial charge in [0.05, 0.1) is 0 Å². The fraction of sp³-hybridized carbons (Fsp3) is 0.562. The molecular formula is C16H22BrNO. The highest BCUT2D eigenvalue weighted by atomic mass is 79.9. The number of carbonyl (C=O) groups is 1. The van der Waals surface area contributed by atoms with Crippen molar-refractivity contribution in [2.24, 2.45) is 0 Å². The number of hydrogen-bond donors (Lipinski definition) is 0. The van der Waals surface area contributed by atoms with Gasteiger partial charge in [-0.05, 0) is 43.4 Å². The van der Waals surface area contributed by atoms with Crippen molar-refractivity contribution >= 4 is 27.5 Å². The van der Waals surface area contributed by atoms with E-state index in [-0.39, 0.29) is 5.91 Å². The lowest BCUT2D eigenvalue weighted by Crippen LogP contribution is -2.35. The van der Waals surface area contributed by atoms with Crippen LogP contribution in [-0.2, 0) is 17.6 Å². The van der Waals surface area contributed by atoms with Gasteiger partial charge in [-0.1, -0.05) is 41.9 Å². The molecule has 1 aromatic carbocycles. The maximum absolute atomic E-state index is 12.2. The zero-order chi connectivity index (χ0) is 14.0. The van der Waals surface area contributed by atoms with E-state index in [9.17, 15) is 4.79 Å². The van der Waals surface area contributed by atoms with E-state index < -0.39 is 0 Å². The molecule has 19 heavy (non-hydrogen) atoms. The van der Waals surface area contributed by atoms with Crippen molar-refractivity contribution in [1.82, 2.24) is 0 Å². The third-order valence-electron chi connectivity index (χ3n) is 3.61. The van der Waals surface area contributed by atoms with Gasteiger partial charge in [0.2, 0.25) is 5.91 Å². The first-order chi connectivity index (χ1) is 9.02. The number of hydrogen-bond acceptors (Lipinski definition) is 1. The number of halogens is 1. The topological polar surface area (TPSA) is 20.3 Å². The minimum atomic E-state index is 0.260. The molecule has 3 heteroatoms. The normalized spacial score (nSPS) is 19.4. The Morgan fingerprint density at radius 1 is 1.53 bits per heavy atom. The molecule has 1 aliphatic rings. The van der Waals surface area contributed by atoms with Crippen molar-refractivity contribution in [2.75, 3.05) is 4.90 Å². The van der Waals surface area contributed by atoms with Crippen molar-refractivity contribution in [3.8, 4) is 0 Å². The van der Waals surface area contributed by atoms with E-state index in [0.29, 0.717) is 17.3 Å². The van der Waals surface area contributed by atoms with Crippen LogP contribution in [0.4, 0.5) is 5.69 Å². The third-order valence-corrected chi connectivity index (χ3v) is 3.93. The number of alkyl halides is 1. The van der Waals surface area contributed by atoms with E-state index in [0.717, 1.165) is 24.9 Å². The molecule has 1 aromatic rings. The van der Waals surface area contributed by atoms with Gasteiger partial charge in [0.25, 0.3) is 0 Å². The van der Waals surface area contributed by atoms with Gasteiger partial charge >= 0.3 is 0 Å². The molecule has 0 saturated carbocycles. The molecule has 0 saturated heterocycles. The van der Waals surface area contributed by atoms with E-state index in [1.54, 1.807) is 0 Å². The molecule has 2 unspecified atom stereocenters. The Morgan fingerprint density at radius 3 is 2.89 bits per heavy atom. The smallest absolute Gasteiger partial charge is 0.227 e. The van der Waals surface area contributed by atoms with Crippen molar-refractivity contribution in [3.05, 3.63) is 29.3 Å². The molecule has 1 amide bonds. The lowest BCUT2D eigenvalue weighted by molar-refractivity contribution is -0.118. The monoisotopic (exact) mass is 323 g/mol. The highest BCUT2D eigenvalue weighted by molar-refractivity contribution is 9.09. The standard InChI is InChI=1S/C16H22BrNO/c1-4-5-16(19)18-12(3)9-14-10-13(8-11(2)17)6-7-15(14)18/h6-7,10-12H,4-5,8-9H2,1-3H3. The van der Waals surface area contributed by atoms with Crippen LogP contribution in [0.25, 0.3) is 0 Å². The van der Waals surface area contributed by atoms with E-state index in [1.165, 1.54) is 11.1 Å². The number of amides is 1. The van der Waals surface area contributed by atoms with Gasteiger partial charge < -0.3 is 4.90 Å². The molecule has 0 spiro atoms. The van der Waals surface area contributed by atoms with Gasteiger partial charge in [-0.25, -0.2) is 0 Å². The Hall–Kier alpha value is -0.830. The molecule has 0 N–H and O–H groups in total. The third kappa shape index (κ3) is 3.19. The van der Waals surface area contributed by atoms with Gasteiger partial charge in [0.15, 0.2) is 0 Å². The molecule has 2 atom stereocenters. The second-order valence-electron chi connectivity index (χ2n) is 5.51. The quantitative estimate of drug-likeness (QED) is 0.764. The van der Waals surface area contributed by atoms with Crippen LogP contribution in [0, 0.1) is 0 Å². The van der Waals surface area contributed by atoms with Crippen LogP contribution < -0.4 is 4.90 Å². The fourth-order valence-electron chi connectivity index (χ4n) is 2.85. The maximum Gasteiger partial charge on any atom is 0.227 e. The molecule has 2 nitrogen and oxygen atoms in total. The second-order valence-corrected chi connectivity index (χ2v) is 7.08. The zero-order valence-corrected chi connectivity index (χ0v) is 13.5. The Bertz CT molecular complexity index is 470. The van der Waals surface area contributed by atoms with Gasteiger partial charge in [0.1, 0.15) is 0 Å². The van der Waals surface area contributed by atoms with Crippen molar-refractivity contribution in [2.45, 2.75) is 57.3 Å². The van der Waals surface area contributed by atoms with E-state index in [1.807, 2.05) is 4.90 Å². The van der Waals surface area contributed by atoms with Gasteiger partial charge in [-0.15, -0.1) is 0 Å². The predicted octanol–water partition coefficient (Wildman–Crippen LogP) is 4.09. The van der Waals surface area contributed by atoms with Crippen molar-refractivity contribution in [1.29, 1.82) is 0 Å². The van der Waals surface area contributed by atoms with E-state index >= 15 is 0 Å². The minimum Gasteiger partial charge on any atom is -0.309 e. The Labute approximate surface area is 124 Å². The highest BCUT2D eigenvalue weighted by Crippen LogP contribution is 2.34. The molecule has 104 valence electrons. The largest absolute Gasteiger partial charge is 0.309 e. The lowest BCUT2D eigenvalue weighted by Gasteiger charge is -2.22. The summed E-state index contributed by atoms with van der Waals surface area (Å²) in [4.78, 5) is 14.7. The van der Waals surface area contributed by atoms with Crippen LogP contribution in [0.15, 0.2) is 18.2 Å². The van der Waals surface area contributed by atoms with Gasteiger partial charge in [-0.2, -0.15) is 0 Å². The SMILES string of the molecule is CCCC(=O)N1c2ccc(CC(C)Br)cc2CC1C. The summed E-state index contributed by atoms with van der Waals surface area (Å²) in [6.07, 6.45) is 3.57. The molecule has 0 aliphatic carbocycles. The summed E-state index contributed by atoms with van der Waals surface area (Å²) in [6.45, 7) is 6.35. The van der Waals surface area contributed by atoms with Crippen LogP contribution in [0.1, 0.15) is 44.7 Å². The predicted molar refractivity (Wildman–Crippen MR) is 84.1 cm³/mol. The van der Waals surface area contributed by atoms with Crippen LogP contribution in [0.2, 0.25) is 0 Å².